The Kier molecular flexibility index (Phi) is 7.81. The number of nitrogens with zero attached hydrogens (tertiary/aromatic N) is 2. The zero-order valence-electron chi connectivity index (χ0n) is 26.4. The molecule has 0 spiro atoms. The van der Waals surface area contributed by atoms with Gasteiger partial charge in [0, 0.05) is 51.6 Å². The predicted octanol–water partition coefficient (Wildman–Crippen LogP) is 11.6. The molecule has 0 radical (unpaired) electrons. The number of aromatic nitrogens is 4. The minimum atomic E-state index is 0.0328. The zero-order valence-corrected chi connectivity index (χ0v) is 30.7. The quantitative estimate of drug-likeness (QED) is 0.164. The standard InChI is InChI=1S/C43H26I2N4O/c44-31-17-11-27(12-18-31)42-46-37(25-7-3-1-4-8-25)39(48-42)29-15-21-33-35(23-29)36-24-30(16-22-34(36)41(33)50)40-38(26-9-5-2-6-10-26)47-43(49-40)28-13-19-32(45)20-14-28/h1-24H,(H,46,48)(H,47,49). The molecule has 0 aliphatic heterocycles. The lowest BCUT2D eigenvalue weighted by Crippen LogP contribution is -1.95. The highest BCUT2D eigenvalue weighted by molar-refractivity contribution is 14.1. The van der Waals surface area contributed by atoms with Gasteiger partial charge in [-0.2, -0.15) is 0 Å². The number of fused-ring (bicyclic) bond motifs is 3. The van der Waals surface area contributed by atoms with Gasteiger partial charge in [-0.3, -0.25) is 4.79 Å². The van der Waals surface area contributed by atoms with Crippen LogP contribution in [-0.2, 0) is 0 Å². The van der Waals surface area contributed by atoms with E-state index in [1.54, 1.807) is 0 Å². The third-order valence-corrected chi connectivity index (χ3v) is 10.6. The van der Waals surface area contributed by atoms with Crippen LogP contribution in [-0.4, -0.2) is 25.7 Å². The maximum absolute atomic E-state index is 13.8. The smallest absolute Gasteiger partial charge is 0.194 e. The molecular weight excluding hydrogens is 842 g/mol. The second kappa shape index (κ2) is 12.6. The Morgan fingerprint density at radius 2 is 0.820 bits per heavy atom. The molecule has 2 N–H and O–H groups in total. The van der Waals surface area contributed by atoms with Crippen LogP contribution in [0.1, 0.15) is 15.9 Å². The molecule has 8 aromatic rings. The van der Waals surface area contributed by atoms with Crippen LogP contribution in [0.2, 0.25) is 0 Å². The molecule has 7 heteroatoms. The summed E-state index contributed by atoms with van der Waals surface area (Å²) in [7, 11) is 0. The molecule has 5 nitrogen and oxygen atoms in total. The number of ketones is 1. The highest BCUT2D eigenvalue weighted by Gasteiger charge is 2.29. The van der Waals surface area contributed by atoms with Crippen LogP contribution in [0, 0.1) is 7.14 Å². The van der Waals surface area contributed by atoms with Gasteiger partial charge in [-0.25, -0.2) is 9.97 Å². The van der Waals surface area contributed by atoms with Gasteiger partial charge in [-0.05, 0) is 105 Å². The number of nitrogens with one attached hydrogen (secondary N) is 2. The van der Waals surface area contributed by atoms with Gasteiger partial charge in [-0.1, -0.05) is 97.1 Å². The lowest BCUT2D eigenvalue weighted by Gasteiger charge is -2.08. The molecule has 0 saturated carbocycles. The molecule has 2 heterocycles. The summed E-state index contributed by atoms with van der Waals surface area (Å²) in [5.41, 5.74) is 12.7. The number of imidazole rings is 2. The van der Waals surface area contributed by atoms with E-state index in [1.807, 2.05) is 60.7 Å². The van der Waals surface area contributed by atoms with E-state index in [2.05, 4.69) is 140 Å². The van der Waals surface area contributed by atoms with Gasteiger partial charge in [0.2, 0.25) is 0 Å². The first-order valence-corrected chi connectivity index (χ1v) is 18.3. The Morgan fingerprint density at radius 3 is 1.36 bits per heavy atom. The van der Waals surface area contributed by atoms with E-state index in [9.17, 15) is 4.79 Å². The molecule has 238 valence electrons. The summed E-state index contributed by atoms with van der Waals surface area (Å²) < 4.78 is 2.33. The molecule has 0 atom stereocenters. The lowest BCUT2D eigenvalue weighted by atomic mass is 9.97. The first-order valence-electron chi connectivity index (χ1n) is 16.2. The number of benzene rings is 6. The Balaban J connectivity index is 1.18. The van der Waals surface area contributed by atoms with E-state index in [1.165, 1.54) is 7.14 Å². The highest BCUT2D eigenvalue weighted by atomic mass is 127. The summed E-state index contributed by atoms with van der Waals surface area (Å²) in [6.07, 6.45) is 0. The van der Waals surface area contributed by atoms with Gasteiger partial charge >= 0.3 is 0 Å². The molecule has 0 saturated heterocycles. The van der Waals surface area contributed by atoms with Gasteiger partial charge in [0.1, 0.15) is 11.6 Å². The first-order chi connectivity index (χ1) is 24.5. The molecule has 9 rings (SSSR count). The van der Waals surface area contributed by atoms with Gasteiger partial charge in [0.15, 0.2) is 5.78 Å². The average Bonchev–Trinajstić information content (AvgIpc) is 3.88. The minimum Gasteiger partial charge on any atom is -0.337 e. The largest absolute Gasteiger partial charge is 0.337 e. The molecule has 1 aliphatic carbocycles. The Labute approximate surface area is 316 Å². The van der Waals surface area contributed by atoms with E-state index in [-0.39, 0.29) is 5.78 Å². The molecule has 0 fully saturated rings. The maximum Gasteiger partial charge on any atom is 0.194 e. The number of carbonyl (C=O) groups is 1. The number of hydrogen-bond acceptors (Lipinski definition) is 3. The van der Waals surface area contributed by atoms with Crippen molar-refractivity contribution in [2.45, 2.75) is 0 Å². The lowest BCUT2D eigenvalue weighted by molar-refractivity contribution is 0.104. The minimum absolute atomic E-state index is 0.0328. The van der Waals surface area contributed by atoms with Crippen molar-refractivity contribution < 1.29 is 4.79 Å². The molecule has 1 aliphatic rings. The maximum atomic E-state index is 13.8. The Morgan fingerprint density at radius 1 is 0.400 bits per heavy atom. The van der Waals surface area contributed by atoms with Crippen LogP contribution in [0.4, 0.5) is 0 Å². The number of H-pyrrole nitrogens is 2. The van der Waals surface area contributed by atoms with Crippen LogP contribution in [0.3, 0.4) is 0 Å². The van der Waals surface area contributed by atoms with Crippen molar-refractivity contribution in [2.24, 2.45) is 0 Å². The van der Waals surface area contributed by atoms with Crippen molar-refractivity contribution in [3.63, 3.8) is 0 Å². The topological polar surface area (TPSA) is 74.4 Å². The van der Waals surface area contributed by atoms with E-state index < -0.39 is 0 Å². The summed E-state index contributed by atoms with van der Waals surface area (Å²) in [5.74, 6) is 1.63. The number of rotatable bonds is 6. The third-order valence-electron chi connectivity index (χ3n) is 9.13. The van der Waals surface area contributed by atoms with Crippen LogP contribution in [0.25, 0.3) is 78.9 Å². The average molecular weight is 869 g/mol. The highest BCUT2D eigenvalue weighted by Crippen LogP contribution is 2.43. The SMILES string of the molecule is O=C1c2ccc(-c3nc(-c4ccc(I)cc4)[nH]c3-c3ccccc3)cc2-c2cc(-c3[nH]c(-c4ccc(I)cc4)nc3-c3ccccc3)ccc21. The van der Waals surface area contributed by atoms with Crippen molar-refractivity contribution in [2.75, 3.05) is 0 Å². The van der Waals surface area contributed by atoms with Crippen LogP contribution in [0.5, 0.6) is 0 Å². The van der Waals surface area contributed by atoms with Crippen LogP contribution in [0.15, 0.2) is 146 Å². The fraction of sp³-hybridized carbons (Fsp3) is 0. The van der Waals surface area contributed by atoms with Crippen molar-refractivity contribution in [3.8, 4) is 78.9 Å². The summed E-state index contributed by atoms with van der Waals surface area (Å²) in [5, 5.41) is 0. The normalized spacial score (nSPS) is 11.8. The van der Waals surface area contributed by atoms with Gasteiger partial charge < -0.3 is 9.97 Å². The predicted molar refractivity (Wildman–Crippen MR) is 218 cm³/mol. The number of hydrogen-bond donors (Lipinski definition) is 2. The number of carbonyl (C=O) groups excluding carboxylic acids is 1. The molecule has 0 unspecified atom stereocenters. The van der Waals surface area contributed by atoms with Gasteiger partial charge in [-0.15, -0.1) is 0 Å². The van der Waals surface area contributed by atoms with E-state index in [0.717, 1.165) is 78.9 Å². The summed E-state index contributed by atoms with van der Waals surface area (Å²) >= 11 is 4.63. The second-order valence-electron chi connectivity index (χ2n) is 12.2. The Bertz CT molecular complexity index is 2380. The van der Waals surface area contributed by atoms with Crippen molar-refractivity contribution in [1.29, 1.82) is 0 Å². The van der Waals surface area contributed by atoms with Crippen molar-refractivity contribution in [3.05, 3.63) is 164 Å². The molecule has 6 aromatic carbocycles. The van der Waals surface area contributed by atoms with Gasteiger partial charge in [0.25, 0.3) is 0 Å². The molecular formula is C43H26I2N4O. The Hall–Kier alpha value is -5.13. The van der Waals surface area contributed by atoms with Gasteiger partial charge in [0.05, 0.1) is 22.8 Å². The molecule has 2 aromatic heterocycles. The van der Waals surface area contributed by atoms with Crippen molar-refractivity contribution >= 4 is 51.0 Å². The summed E-state index contributed by atoms with van der Waals surface area (Å²) in [6.45, 7) is 0. The van der Waals surface area contributed by atoms with Crippen LogP contribution >= 0.6 is 45.2 Å². The zero-order chi connectivity index (χ0) is 33.8. The second-order valence-corrected chi connectivity index (χ2v) is 14.7. The number of halogens is 2. The third kappa shape index (κ3) is 5.50. The molecule has 0 amide bonds. The fourth-order valence-electron chi connectivity index (χ4n) is 6.65. The monoisotopic (exact) mass is 868 g/mol. The van der Waals surface area contributed by atoms with E-state index in [4.69, 9.17) is 9.97 Å². The van der Waals surface area contributed by atoms with E-state index >= 15 is 0 Å². The van der Waals surface area contributed by atoms with Crippen LogP contribution < -0.4 is 0 Å². The number of aromatic amines is 2. The van der Waals surface area contributed by atoms with E-state index in [0.29, 0.717) is 11.1 Å². The molecule has 0 bridgehead atoms. The first kappa shape index (κ1) is 30.9. The fourth-order valence-corrected chi connectivity index (χ4v) is 7.37. The summed E-state index contributed by atoms with van der Waals surface area (Å²) in [4.78, 5) is 31.2. The summed E-state index contributed by atoms with van der Waals surface area (Å²) in [6, 6.07) is 49.3. The van der Waals surface area contributed by atoms with Crippen molar-refractivity contribution in [1.82, 2.24) is 19.9 Å². The molecule has 50 heavy (non-hydrogen) atoms.